The van der Waals surface area contributed by atoms with Crippen molar-refractivity contribution in [3.63, 3.8) is 0 Å². The quantitative estimate of drug-likeness (QED) is 0.899. The van der Waals surface area contributed by atoms with Gasteiger partial charge in [-0.2, -0.15) is 0 Å². The number of fused-ring (bicyclic) bond motifs is 1. The molecule has 2 heterocycles. The summed E-state index contributed by atoms with van der Waals surface area (Å²) in [6.07, 6.45) is 2.07. The van der Waals surface area contributed by atoms with Crippen LogP contribution in [0.25, 0.3) is 11.0 Å². The topological polar surface area (TPSA) is 47.3 Å². The number of para-hydroxylation sites is 2. The molecule has 2 aromatic rings. The predicted molar refractivity (Wildman–Crippen MR) is 74.0 cm³/mol. The number of imidazole rings is 1. The molecule has 4 heteroatoms. The summed E-state index contributed by atoms with van der Waals surface area (Å²) in [5.41, 5.74) is 1.41. The lowest BCUT2D eigenvalue weighted by Gasteiger charge is -2.35. The summed E-state index contributed by atoms with van der Waals surface area (Å²) < 4.78 is 7.59. The van der Waals surface area contributed by atoms with Gasteiger partial charge in [-0.1, -0.05) is 12.1 Å². The van der Waals surface area contributed by atoms with Crippen LogP contribution in [0.15, 0.2) is 24.3 Å². The first-order valence-corrected chi connectivity index (χ1v) is 6.82. The van der Waals surface area contributed by atoms with Gasteiger partial charge >= 0.3 is 0 Å². The molecule has 1 aromatic carbocycles. The first-order chi connectivity index (χ1) is 9.07. The Morgan fingerprint density at radius 1 is 1.47 bits per heavy atom. The highest BCUT2D eigenvalue weighted by atomic mass is 16.5. The molecule has 2 unspecified atom stereocenters. The zero-order chi connectivity index (χ0) is 13.5. The Hall–Kier alpha value is -1.39. The second-order valence-electron chi connectivity index (χ2n) is 5.61. The summed E-state index contributed by atoms with van der Waals surface area (Å²) in [6.45, 7) is 2.64. The molecule has 0 saturated carbocycles. The number of rotatable bonds is 2. The third kappa shape index (κ3) is 2.38. The van der Waals surface area contributed by atoms with Crippen LogP contribution in [0.3, 0.4) is 0 Å². The number of ether oxygens (including phenoxy) is 1. The summed E-state index contributed by atoms with van der Waals surface area (Å²) in [4.78, 5) is 4.64. The maximum Gasteiger partial charge on any atom is 0.112 e. The maximum absolute atomic E-state index is 10.7. The number of benzene rings is 1. The van der Waals surface area contributed by atoms with Gasteiger partial charge in [0.1, 0.15) is 5.82 Å². The summed E-state index contributed by atoms with van der Waals surface area (Å²) in [6, 6.07) is 8.07. The number of aryl methyl sites for hydroxylation is 1. The summed E-state index contributed by atoms with van der Waals surface area (Å²) in [5.74, 6) is 0.942. The van der Waals surface area contributed by atoms with Crippen LogP contribution in [0, 0.1) is 0 Å². The first-order valence-electron chi connectivity index (χ1n) is 6.82. The minimum atomic E-state index is -0.688. The first kappa shape index (κ1) is 12.6. The molecular formula is C15H20N2O2. The molecule has 1 fully saturated rings. The van der Waals surface area contributed by atoms with Crippen molar-refractivity contribution < 1.29 is 9.84 Å². The number of aliphatic hydroxyl groups is 1. The van der Waals surface area contributed by atoms with Crippen molar-refractivity contribution in [2.24, 2.45) is 7.05 Å². The van der Waals surface area contributed by atoms with E-state index in [-0.39, 0.29) is 6.10 Å². The standard InChI is InChI=1S/C15H20N2O2/c1-11-9-15(18,7-8-19-11)10-14-16-12-5-3-4-6-13(12)17(14)2/h3-6,11,18H,7-10H2,1-2H3. The van der Waals surface area contributed by atoms with Crippen molar-refractivity contribution in [2.75, 3.05) is 6.61 Å². The zero-order valence-electron chi connectivity index (χ0n) is 11.5. The van der Waals surface area contributed by atoms with E-state index in [9.17, 15) is 5.11 Å². The molecule has 19 heavy (non-hydrogen) atoms. The molecule has 2 atom stereocenters. The molecule has 0 bridgehead atoms. The Balaban J connectivity index is 1.90. The van der Waals surface area contributed by atoms with Crippen molar-refractivity contribution >= 4 is 11.0 Å². The van der Waals surface area contributed by atoms with E-state index < -0.39 is 5.60 Å². The van der Waals surface area contributed by atoms with Crippen LogP contribution in [0.1, 0.15) is 25.6 Å². The summed E-state index contributed by atoms with van der Waals surface area (Å²) in [5, 5.41) is 10.7. The molecule has 0 amide bonds. The van der Waals surface area contributed by atoms with E-state index in [1.54, 1.807) is 0 Å². The Labute approximate surface area is 113 Å². The fourth-order valence-electron chi connectivity index (χ4n) is 2.95. The average Bonchev–Trinajstić information content (AvgIpc) is 2.66. The lowest BCUT2D eigenvalue weighted by atomic mass is 9.87. The van der Waals surface area contributed by atoms with Gasteiger partial charge in [0, 0.05) is 32.9 Å². The number of hydrogen-bond acceptors (Lipinski definition) is 3. The van der Waals surface area contributed by atoms with Crippen LogP contribution in [0.2, 0.25) is 0 Å². The van der Waals surface area contributed by atoms with E-state index in [4.69, 9.17) is 4.74 Å². The second-order valence-corrected chi connectivity index (χ2v) is 5.61. The third-order valence-electron chi connectivity index (χ3n) is 4.00. The maximum atomic E-state index is 10.7. The van der Waals surface area contributed by atoms with Crippen molar-refractivity contribution in [3.05, 3.63) is 30.1 Å². The van der Waals surface area contributed by atoms with Gasteiger partial charge in [0.25, 0.3) is 0 Å². The molecule has 0 aliphatic carbocycles. The minimum Gasteiger partial charge on any atom is -0.389 e. The fourth-order valence-corrected chi connectivity index (χ4v) is 2.95. The fraction of sp³-hybridized carbons (Fsp3) is 0.533. The van der Waals surface area contributed by atoms with Gasteiger partial charge in [-0.3, -0.25) is 0 Å². The van der Waals surface area contributed by atoms with Crippen LogP contribution in [-0.2, 0) is 18.2 Å². The monoisotopic (exact) mass is 260 g/mol. The Kier molecular flexibility index (Phi) is 3.07. The molecule has 4 nitrogen and oxygen atoms in total. The van der Waals surface area contributed by atoms with E-state index in [2.05, 4.69) is 15.6 Å². The average molecular weight is 260 g/mol. The van der Waals surface area contributed by atoms with Gasteiger partial charge in [0.2, 0.25) is 0 Å². The molecule has 1 aromatic heterocycles. The Bertz CT molecular complexity index is 593. The van der Waals surface area contributed by atoms with E-state index in [1.165, 1.54) is 0 Å². The minimum absolute atomic E-state index is 0.119. The van der Waals surface area contributed by atoms with Crippen molar-refractivity contribution in [1.29, 1.82) is 0 Å². The molecular weight excluding hydrogens is 240 g/mol. The van der Waals surface area contributed by atoms with Crippen molar-refractivity contribution in [2.45, 2.75) is 37.9 Å². The predicted octanol–water partition coefficient (Wildman–Crippen LogP) is 2.05. The van der Waals surface area contributed by atoms with E-state index in [0.29, 0.717) is 25.9 Å². The molecule has 1 aliphatic heterocycles. The van der Waals surface area contributed by atoms with Gasteiger partial charge in [0.15, 0.2) is 0 Å². The van der Waals surface area contributed by atoms with E-state index >= 15 is 0 Å². The van der Waals surface area contributed by atoms with Crippen LogP contribution >= 0.6 is 0 Å². The highest BCUT2D eigenvalue weighted by molar-refractivity contribution is 5.75. The van der Waals surface area contributed by atoms with Crippen molar-refractivity contribution in [1.82, 2.24) is 9.55 Å². The van der Waals surface area contributed by atoms with E-state index in [0.717, 1.165) is 16.9 Å². The van der Waals surface area contributed by atoms with Gasteiger partial charge in [-0.25, -0.2) is 4.98 Å². The van der Waals surface area contributed by atoms with Crippen LogP contribution in [0.4, 0.5) is 0 Å². The van der Waals surface area contributed by atoms with Gasteiger partial charge in [-0.15, -0.1) is 0 Å². The molecule has 102 valence electrons. The van der Waals surface area contributed by atoms with Crippen LogP contribution < -0.4 is 0 Å². The molecule has 0 spiro atoms. The number of aromatic nitrogens is 2. The molecule has 3 rings (SSSR count). The van der Waals surface area contributed by atoms with Crippen molar-refractivity contribution in [3.8, 4) is 0 Å². The normalized spacial score (nSPS) is 27.8. The SMILES string of the molecule is CC1CC(O)(Cc2nc3ccccc3n2C)CCO1. The number of hydrogen-bond donors (Lipinski definition) is 1. The van der Waals surface area contributed by atoms with Gasteiger partial charge in [-0.05, 0) is 19.1 Å². The van der Waals surface area contributed by atoms with Gasteiger partial charge in [0.05, 0.1) is 22.7 Å². The lowest BCUT2D eigenvalue weighted by Crippen LogP contribution is -2.42. The molecule has 1 N–H and O–H groups in total. The largest absolute Gasteiger partial charge is 0.389 e. The summed E-state index contributed by atoms with van der Waals surface area (Å²) >= 11 is 0. The number of nitrogens with zero attached hydrogens (tertiary/aromatic N) is 2. The molecule has 1 saturated heterocycles. The second kappa shape index (κ2) is 4.62. The Morgan fingerprint density at radius 3 is 3.00 bits per heavy atom. The zero-order valence-corrected chi connectivity index (χ0v) is 11.5. The molecule has 0 radical (unpaired) electrons. The molecule has 1 aliphatic rings. The smallest absolute Gasteiger partial charge is 0.112 e. The third-order valence-corrected chi connectivity index (χ3v) is 4.00. The van der Waals surface area contributed by atoms with Crippen LogP contribution in [-0.4, -0.2) is 33.0 Å². The summed E-state index contributed by atoms with van der Waals surface area (Å²) in [7, 11) is 2.01. The lowest BCUT2D eigenvalue weighted by molar-refractivity contribution is -0.0971. The highest BCUT2D eigenvalue weighted by Crippen LogP contribution is 2.29. The van der Waals surface area contributed by atoms with E-state index in [1.807, 2.05) is 32.2 Å². The Morgan fingerprint density at radius 2 is 2.26 bits per heavy atom. The van der Waals surface area contributed by atoms with Gasteiger partial charge < -0.3 is 14.4 Å². The highest BCUT2D eigenvalue weighted by Gasteiger charge is 2.34. The van der Waals surface area contributed by atoms with Crippen LogP contribution in [0.5, 0.6) is 0 Å².